The highest BCUT2D eigenvalue weighted by Crippen LogP contribution is 2.82. The Hall–Kier alpha value is -0.830. The van der Waals surface area contributed by atoms with Crippen LogP contribution in [0, 0.1) is 63.1 Å². The topological polar surface area (TPSA) is 35.5 Å². The van der Waals surface area contributed by atoms with Crippen molar-refractivity contribution in [2.75, 3.05) is 7.11 Å². The van der Waals surface area contributed by atoms with Crippen molar-refractivity contribution in [1.82, 2.24) is 0 Å². The quantitative estimate of drug-likeness (QED) is 0.274. The monoisotopic (exact) mass is 498 g/mol. The molecule has 0 N–H and O–H groups in total. The van der Waals surface area contributed by atoms with E-state index >= 15 is 0 Å². The molecule has 0 aromatic rings. The SMILES string of the molecule is COC1CC2C3CCC(C(C)C(/C=C/C(C)C)OC(=O)C(C)(C)C)C3(C)CCC2C2(C)CCC3CC312. The molecular weight excluding hydrogens is 444 g/mol. The van der Waals surface area contributed by atoms with Crippen molar-refractivity contribution in [2.24, 2.45) is 63.1 Å². The first-order valence-corrected chi connectivity index (χ1v) is 15.2. The summed E-state index contributed by atoms with van der Waals surface area (Å²) >= 11 is 0. The third kappa shape index (κ3) is 3.79. The van der Waals surface area contributed by atoms with Gasteiger partial charge in [0.15, 0.2) is 0 Å². The third-order valence-electron chi connectivity index (χ3n) is 12.6. The molecule has 5 aliphatic carbocycles. The van der Waals surface area contributed by atoms with E-state index in [1.54, 1.807) is 0 Å². The van der Waals surface area contributed by atoms with Crippen LogP contribution in [-0.4, -0.2) is 25.3 Å². The Kier molecular flexibility index (Phi) is 6.58. The molecule has 0 radical (unpaired) electrons. The number of carbonyl (C=O) groups is 1. The number of methoxy groups -OCH3 is 1. The Morgan fingerprint density at radius 2 is 1.69 bits per heavy atom. The fraction of sp³-hybridized carbons (Fsp3) is 0.909. The summed E-state index contributed by atoms with van der Waals surface area (Å²) in [6.07, 6.45) is 15.7. The fourth-order valence-electron chi connectivity index (χ4n) is 10.7. The zero-order valence-electron chi connectivity index (χ0n) is 24.7. The molecule has 11 unspecified atom stereocenters. The molecule has 5 fully saturated rings. The zero-order chi connectivity index (χ0) is 26.3. The highest BCUT2D eigenvalue weighted by Gasteiger charge is 2.77. The maximum absolute atomic E-state index is 13.0. The average Bonchev–Trinajstić information content (AvgIpc) is 3.31. The lowest BCUT2D eigenvalue weighted by atomic mass is 9.45. The summed E-state index contributed by atoms with van der Waals surface area (Å²) in [6.45, 7) is 18.0. The summed E-state index contributed by atoms with van der Waals surface area (Å²) in [6, 6.07) is 0. The number of esters is 1. The lowest BCUT2D eigenvalue weighted by molar-refractivity contribution is -0.167. The van der Waals surface area contributed by atoms with Crippen LogP contribution in [0.1, 0.15) is 107 Å². The molecule has 36 heavy (non-hydrogen) atoms. The van der Waals surface area contributed by atoms with E-state index in [1.807, 2.05) is 27.9 Å². The van der Waals surface area contributed by atoms with Crippen molar-refractivity contribution >= 4 is 5.97 Å². The van der Waals surface area contributed by atoms with Gasteiger partial charge in [0.05, 0.1) is 11.5 Å². The van der Waals surface area contributed by atoms with Gasteiger partial charge in [-0.2, -0.15) is 0 Å². The van der Waals surface area contributed by atoms with E-state index in [-0.39, 0.29) is 12.1 Å². The summed E-state index contributed by atoms with van der Waals surface area (Å²) in [5.74, 6) is 4.69. The van der Waals surface area contributed by atoms with Crippen molar-refractivity contribution in [1.29, 1.82) is 0 Å². The highest BCUT2D eigenvalue weighted by atomic mass is 16.5. The van der Waals surface area contributed by atoms with Gasteiger partial charge in [0.1, 0.15) is 6.10 Å². The van der Waals surface area contributed by atoms with Crippen LogP contribution < -0.4 is 0 Å². The number of hydrogen-bond donors (Lipinski definition) is 0. The Morgan fingerprint density at radius 3 is 2.31 bits per heavy atom. The maximum atomic E-state index is 13.0. The van der Waals surface area contributed by atoms with Gasteiger partial charge in [0.2, 0.25) is 0 Å². The summed E-state index contributed by atoms with van der Waals surface area (Å²) in [5, 5.41) is 0. The van der Waals surface area contributed by atoms with Crippen LogP contribution in [0.2, 0.25) is 0 Å². The zero-order valence-corrected chi connectivity index (χ0v) is 24.7. The summed E-state index contributed by atoms with van der Waals surface area (Å²) in [7, 11) is 1.99. The third-order valence-corrected chi connectivity index (χ3v) is 12.6. The van der Waals surface area contributed by atoms with Crippen molar-refractivity contribution in [3.63, 3.8) is 0 Å². The Balaban J connectivity index is 1.39. The van der Waals surface area contributed by atoms with Crippen molar-refractivity contribution in [3.05, 3.63) is 12.2 Å². The minimum Gasteiger partial charge on any atom is -0.457 e. The average molecular weight is 499 g/mol. The molecule has 0 amide bonds. The van der Waals surface area contributed by atoms with E-state index in [0.717, 1.165) is 23.7 Å². The number of fused-ring (bicyclic) bond motifs is 4. The molecule has 204 valence electrons. The number of ether oxygens (including phenoxy) is 2. The van der Waals surface area contributed by atoms with Gasteiger partial charge in [-0.15, -0.1) is 0 Å². The normalized spacial score (nSPS) is 47.2. The van der Waals surface area contributed by atoms with Gasteiger partial charge >= 0.3 is 5.97 Å². The van der Waals surface area contributed by atoms with E-state index in [1.165, 1.54) is 51.4 Å². The lowest BCUT2D eigenvalue weighted by Crippen LogP contribution is -2.57. The number of rotatable bonds is 6. The van der Waals surface area contributed by atoms with E-state index in [2.05, 4.69) is 46.8 Å². The molecular formula is C33H54O3. The van der Waals surface area contributed by atoms with Crippen LogP contribution in [0.15, 0.2) is 12.2 Å². The second kappa shape index (κ2) is 8.85. The molecule has 3 nitrogen and oxygen atoms in total. The van der Waals surface area contributed by atoms with Gasteiger partial charge in [-0.25, -0.2) is 0 Å². The predicted octanol–water partition coefficient (Wildman–Crippen LogP) is 8.08. The first-order valence-electron chi connectivity index (χ1n) is 15.2. The molecule has 0 heterocycles. The predicted molar refractivity (Wildman–Crippen MR) is 146 cm³/mol. The number of allylic oxidation sites excluding steroid dienone is 1. The van der Waals surface area contributed by atoms with Crippen LogP contribution in [0.4, 0.5) is 0 Å². The largest absolute Gasteiger partial charge is 0.457 e. The highest BCUT2D eigenvalue weighted by molar-refractivity contribution is 5.75. The molecule has 0 saturated heterocycles. The summed E-state index contributed by atoms with van der Waals surface area (Å²) < 4.78 is 12.6. The fourth-order valence-corrected chi connectivity index (χ4v) is 10.7. The first kappa shape index (κ1) is 26.8. The van der Waals surface area contributed by atoms with Crippen LogP contribution in [0.25, 0.3) is 0 Å². The molecule has 11 atom stereocenters. The smallest absolute Gasteiger partial charge is 0.311 e. The molecule has 5 saturated carbocycles. The Labute approximate surface area is 221 Å². The number of carbonyl (C=O) groups excluding carboxylic acids is 1. The summed E-state index contributed by atoms with van der Waals surface area (Å²) in [4.78, 5) is 13.0. The molecule has 5 rings (SSSR count). The standard InChI is InChI=1S/C33H54O3/c1-20(2)10-13-27(36-29(34)30(4,5)6)21(3)24-11-12-25-23-18-28(35-9)33-19-22(33)14-17-32(33,8)26(23)15-16-31(24,25)7/h10,13,20-28H,11-12,14-19H2,1-9H3/b13-10+. The van der Waals surface area contributed by atoms with Gasteiger partial charge < -0.3 is 9.47 Å². The van der Waals surface area contributed by atoms with Crippen LogP contribution in [0.3, 0.4) is 0 Å². The van der Waals surface area contributed by atoms with Gasteiger partial charge in [0, 0.05) is 18.4 Å². The molecule has 0 aliphatic heterocycles. The molecule has 0 bridgehead atoms. The van der Waals surface area contributed by atoms with Crippen LogP contribution >= 0.6 is 0 Å². The first-order chi connectivity index (χ1) is 16.8. The van der Waals surface area contributed by atoms with E-state index < -0.39 is 5.41 Å². The van der Waals surface area contributed by atoms with Gasteiger partial charge in [-0.3, -0.25) is 4.79 Å². The minimum absolute atomic E-state index is 0.0789. The Bertz CT molecular complexity index is 884. The lowest BCUT2D eigenvalue weighted by Gasteiger charge is -2.61. The second-order valence-electron chi connectivity index (χ2n) is 15.6. The van der Waals surface area contributed by atoms with Crippen molar-refractivity contribution in [3.8, 4) is 0 Å². The molecule has 1 spiro atoms. The Morgan fingerprint density at radius 1 is 0.972 bits per heavy atom. The molecule has 3 heteroatoms. The van der Waals surface area contributed by atoms with Crippen LogP contribution in [0.5, 0.6) is 0 Å². The number of hydrogen-bond acceptors (Lipinski definition) is 3. The molecule has 5 aliphatic rings. The maximum Gasteiger partial charge on any atom is 0.311 e. The van der Waals surface area contributed by atoms with Gasteiger partial charge in [0.25, 0.3) is 0 Å². The molecule has 0 aromatic heterocycles. The molecule has 0 aromatic carbocycles. The second-order valence-corrected chi connectivity index (χ2v) is 15.6. The van der Waals surface area contributed by atoms with E-state index in [0.29, 0.717) is 40.1 Å². The van der Waals surface area contributed by atoms with E-state index in [4.69, 9.17) is 9.47 Å². The summed E-state index contributed by atoms with van der Waals surface area (Å²) in [5.41, 5.74) is 0.834. The van der Waals surface area contributed by atoms with Gasteiger partial charge in [-0.05, 0) is 125 Å². The minimum atomic E-state index is -0.478. The van der Waals surface area contributed by atoms with Crippen molar-refractivity contribution in [2.45, 2.75) is 119 Å². The van der Waals surface area contributed by atoms with Gasteiger partial charge in [-0.1, -0.05) is 40.7 Å². The van der Waals surface area contributed by atoms with Crippen molar-refractivity contribution < 1.29 is 14.3 Å². The van der Waals surface area contributed by atoms with E-state index in [9.17, 15) is 4.79 Å². The van der Waals surface area contributed by atoms with Crippen LogP contribution in [-0.2, 0) is 14.3 Å².